The van der Waals surface area contributed by atoms with Gasteiger partial charge in [-0.15, -0.1) is 0 Å². The molecule has 12 nitrogen and oxygen atoms in total. The number of nitrogens with zero attached hydrogens (tertiary/aromatic N) is 1. The molecule has 2 N–H and O–H groups in total. The Morgan fingerprint density at radius 3 is 2.19 bits per heavy atom. The monoisotopic (exact) mass is 665 g/mol. The summed E-state index contributed by atoms with van der Waals surface area (Å²) in [5, 5.41) is 4.26. The summed E-state index contributed by atoms with van der Waals surface area (Å²) in [7, 11) is 3.10. The Labute approximate surface area is 278 Å². The zero-order chi connectivity index (χ0) is 34.3. The Bertz CT molecular complexity index is 1610. The molecule has 47 heavy (non-hydrogen) atoms. The van der Waals surface area contributed by atoms with Gasteiger partial charge in [0.2, 0.25) is 5.91 Å². The standard InChI is InChI=1S/C34H39N3O9S/c1-20-14-25(15-21(2)30(20)44-19-42-7)45-24-12-13-26(27(17-24)37(6)33(41)46-34(3,4)5)35-29(38)18-43-23-10-8-22(9-11-23)16-28-31(39)36-32(40)47-28/h8-15,17,28H,16,18-19H2,1-7H3,(H,35,38)(H,36,39,40). The van der Waals surface area contributed by atoms with Crippen molar-refractivity contribution in [2.24, 2.45) is 0 Å². The lowest BCUT2D eigenvalue weighted by Gasteiger charge is -2.26. The number of aryl methyl sites for hydroxylation is 2. The Kier molecular flexibility index (Phi) is 11.4. The van der Waals surface area contributed by atoms with Crippen molar-refractivity contribution in [3.8, 4) is 23.0 Å². The predicted molar refractivity (Wildman–Crippen MR) is 179 cm³/mol. The van der Waals surface area contributed by atoms with Crippen LogP contribution in [0.1, 0.15) is 37.5 Å². The molecule has 0 spiro atoms. The second kappa shape index (κ2) is 15.2. The zero-order valence-electron chi connectivity index (χ0n) is 27.4. The number of ether oxygens (including phenoxy) is 5. The van der Waals surface area contributed by atoms with Crippen LogP contribution in [-0.4, -0.2) is 61.6 Å². The van der Waals surface area contributed by atoms with Crippen molar-refractivity contribution >= 4 is 46.3 Å². The maximum atomic E-state index is 13.0. The van der Waals surface area contributed by atoms with Crippen molar-refractivity contribution in [1.82, 2.24) is 5.32 Å². The van der Waals surface area contributed by atoms with E-state index in [1.54, 1.807) is 77.4 Å². The molecule has 0 radical (unpaired) electrons. The van der Waals surface area contributed by atoms with Gasteiger partial charge in [-0.3, -0.25) is 24.6 Å². The fourth-order valence-electron chi connectivity index (χ4n) is 4.64. The lowest BCUT2D eigenvalue weighted by atomic mass is 10.1. The number of imide groups is 1. The summed E-state index contributed by atoms with van der Waals surface area (Å²) in [6, 6.07) is 15.5. The second-order valence-corrected chi connectivity index (χ2v) is 13.0. The lowest BCUT2D eigenvalue weighted by molar-refractivity contribution is -0.119. The third kappa shape index (κ3) is 9.87. The number of carbonyl (C=O) groups is 4. The quantitative estimate of drug-likeness (QED) is 0.210. The van der Waals surface area contributed by atoms with Crippen LogP contribution in [0.3, 0.4) is 0 Å². The van der Waals surface area contributed by atoms with Crippen LogP contribution in [0.2, 0.25) is 0 Å². The molecular weight excluding hydrogens is 626 g/mol. The van der Waals surface area contributed by atoms with Gasteiger partial charge in [-0.25, -0.2) is 4.79 Å². The van der Waals surface area contributed by atoms with E-state index in [2.05, 4.69) is 10.6 Å². The van der Waals surface area contributed by atoms with Crippen molar-refractivity contribution in [1.29, 1.82) is 0 Å². The number of benzene rings is 3. The molecule has 1 saturated heterocycles. The number of rotatable bonds is 12. The van der Waals surface area contributed by atoms with Crippen molar-refractivity contribution in [3.63, 3.8) is 0 Å². The average molecular weight is 666 g/mol. The van der Waals surface area contributed by atoms with Crippen LogP contribution in [0.25, 0.3) is 0 Å². The van der Waals surface area contributed by atoms with Gasteiger partial charge in [0.25, 0.3) is 11.1 Å². The molecule has 1 heterocycles. The predicted octanol–water partition coefficient (Wildman–Crippen LogP) is 6.36. The minimum absolute atomic E-state index is 0.123. The van der Waals surface area contributed by atoms with E-state index in [1.165, 1.54) is 4.90 Å². The number of nitrogens with one attached hydrogen (secondary N) is 2. The maximum Gasteiger partial charge on any atom is 0.414 e. The van der Waals surface area contributed by atoms with Crippen molar-refractivity contribution in [3.05, 3.63) is 71.3 Å². The molecule has 0 saturated carbocycles. The third-order valence-corrected chi connectivity index (χ3v) is 7.73. The Morgan fingerprint density at radius 1 is 0.936 bits per heavy atom. The second-order valence-electron chi connectivity index (χ2n) is 11.8. The lowest BCUT2D eigenvalue weighted by Crippen LogP contribution is -2.34. The highest BCUT2D eigenvalue weighted by Gasteiger charge is 2.31. The van der Waals surface area contributed by atoms with Crippen molar-refractivity contribution < 1.29 is 42.9 Å². The van der Waals surface area contributed by atoms with Crippen LogP contribution in [0.15, 0.2) is 54.6 Å². The minimum Gasteiger partial charge on any atom is -0.484 e. The van der Waals surface area contributed by atoms with E-state index in [0.29, 0.717) is 40.8 Å². The number of hydrogen-bond acceptors (Lipinski definition) is 10. The van der Waals surface area contributed by atoms with E-state index in [1.807, 2.05) is 26.0 Å². The summed E-state index contributed by atoms with van der Waals surface area (Å²) in [5.74, 6) is 1.37. The number of carbonyl (C=O) groups excluding carboxylic acids is 4. The maximum absolute atomic E-state index is 13.0. The van der Waals surface area contributed by atoms with Crippen molar-refractivity contribution in [2.75, 3.05) is 37.8 Å². The van der Waals surface area contributed by atoms with Crippen LogP contribution < -0.4 is 29.7 Å². The highest BCUT2D eigenvalue weighted by molar-refractivity contribution is 8.15. The summed E-state index contributed by atoms with van der Waals surface area (Å²) >= 11 is 0.967. The summed E-state index contributed by atoms with van der Waals surface area (Å²) in [5.41, 5.74) is 2.51. The topological polar surface area (TPSA) is 142 Å². The molecule has 1 aliphatic heterocycles. The Balaban J connectivity index is 1.47. The molecule has 3 aromatic rings. The highest BCUT2D eigenvalue weighted by Crippen LogP contribution is 2.36. The first-order valence-corrected chi connectivity index (χ1v) is 15.6. The molecule has 3 aromatic carbocycles. The van der Waals surface area contributed by atoms with Crippen molar-refractivity contribution in [2.45, 2.75) is 51.9 Å². The fourth-order valence-corrected chi connectivity index (χ4v) is 5.50. The largest absolute Gasteiger partial charge is 0.484 e. The molecule has 0 aliphatic carbocycles. The first-order valence-electron chi connectivity index (χ1n) is 14.8. The number of methoxy groups -OCH3 is 1. The summed E-state index contributed by atoms with van der Waals surface area (Å²) in [4.78, 5) is 50.6. The zero-order valence-corrected chi connectivity index (χ0v) is 28.2. The van der Waals surface area contributed by atoms with Gasteiger partial charge in [-0.2, -0.15) is 0 Å². The van der Waals surface area contributed by atoms with Crippen LogP contribution in [0.5, 0.6) is 23.0 Å². The van der Waals surface area contributed by atoms with E-state index in [0.717, 1.165) is 28.5 Å². The molecule has 4 amide bonds. The molecule has 1 aliphatic rings. The SMILES string of the molecule is COCOc1c(C)cc(Oc2ccc(NC(=O)COc3ccc(CC4SC(=O)NC4=O)cc3)c(N(C)C(=O)OC(C)(C)C)c2)cc1C. The number of hydrogen-bond donors (Lipinski definition) is 2. The van der Waals surface area contributed by atoms with E-state index < -0.39 is 22.9 Å². The van der Waals surface area contributed by atoms with Gasteiger partial charge in [0.1, 0.15) is 28.6 Å². The van der Waals surface area contributed by atoms with Crippen LogP contribution in [0.4, 0.5) is 21.0 Å². The van der Waals surface area contributed by atoms with Crippen LogP contribution in [-0.2, 0) is 25.5 Å². The number of amides is 4. The van der Waals surface area contributed by atoms with E-state index in [4.69, 9.17) is 23.7 Å². The molecule has 1 unspecified atom stereocenters. The molecule has 4 rings (SSSR count). The Morgan fingerprint density at radius 2 is 1.60 bits per heavy atom. The third-order valence-electron chi connectivity index (χ3n) is 6.74. The van der Waals surface area contributed by atoms with Gasteiger partial charge in [-0.05, 0) is 94.1 Å². The minimum atomic E-state index is -0.742. The van der Waals surface area contributed by atoms with E-state index >= 15 is 0 Å². The molecule has 0 bridgehead atoms. The van der Waals surface area contributed by atoms with Crippen LogP contribution in [0, 0.1) is 13.8 Å². The summed E-state index contributed by atoms with van der Waals surface area (Å²) in [6.07, 6.45) is -0.227. The van der Waals surface area contributed by atoms with Gasteiger partial charge >= 0.3 is 6.09 Å². The van der Waals surface area contributed by atoms with E-state index in [-0.39, 0.29) is 24.5 Å². The van der Waals surface area contributed by atoms with Gasteiger partial charge in [0.05, 0.1) is 16.6 Å². The summed E-state index contributed by atoms with van der Waals surface area (Å²) in [6.45, 7) is 8.92. The number of thioether (sulfide) groups is 1. The van der Waals surface area contributed by atoms with E-state index in [9.17, 15) is 19.2 Å². The van der Waals surface area contributed by atoms with Gasteiger partial charge in [0.15, 0.2) is 13.4 Å². The van der Waals surface area contributed by atoms with Crippen LogP contribution >= 0.6 is 11.8 Å². The number of anilines is 2. The average Bonchev–Trinajstić information content (AvgIpc) is 3.31. The molecule has 1 atom stereocenters. The first-order chi connectivity index (χ1) is 22.2. The molecule has 0 aromatic heterocycles. The molecule has 250 valence electrons. The normalized spacial score (nSPS) is 14.3. The summed E-state index contributed by atoms with van der Waals surface area (Å²) < 4.78 is 28.1. The molecular formula is C34H39N3O9S. The highest BCUT2D eigenvalue weighted by atomic mass is 32.2. The smallest absolute Gasteiger partial charge is 0.414 e. The molecule has 1 fully saturated rings. The first kappa shape index (κ1) is 35.1. The van der Waals surface area contributed by atoms with Gasteiger partial charge in [0, 0.05) is 20.2 Å². The Hall–Kier alpha value is -4.75. The van der Waals surface area contributed by atoms with Gasteiger partial charge in [-0.1, -0.05) is 23.9 Å². The molecule has 13 heteroatoms. The fraction of sp³-hybridized carbons (Fsp3) is 0.353. The van der Waals surface area contributed by atoms with Gasteiger partial charge < -0.3 is 29.0 Å².